The summed E-state index contributed by atoms with van der Waals surface area (Å²) in [7, 11) is 1.99. The van der Waals surface area contributed by atoms with Crippen molar-refractivity contribution in [2.75, 3.05) is 13.1 Å². The number of aryl methyl sites for hydroxylation is 4. The minimum atomic E-state index is 0.611. The quantitative estimate of drug-likeness (QED) is 0.621. The number of guanidine groups is 1. The number of aliphatic imine (C=N–C) groups is 1. The van der Waals surface area contributed by atoms with E-state index in [1.807, 2.05) is 18.7 Å². The molecule has 0 unspecified atom stereocenters. The van der Waals surface area contributed by atoms with Crippen molar-refractivity contribution >= 4 is 17.3 Å². The molecule has 0 radical (unpaired) electrons. The van der Waals surface area contributed by atoms with Crippen LogP contribution in [-0.4, -0.2) is 33.8 Å². The molecule has 132 valence electrons. The molecule has 0 aliphatic rings. The molecule has 0 atom stereocenters. The highest BCUT2D eigenvalue weighted by Gasteiger charge is 2.09. The predicted octanol–water partition coefficient (Wildman–Crippen LogP) is 2.41. The van der Waals surface area contributed by atoms with E-state index >= 15 is 0 Å². The van der Waals surface area contributed by atoms with Crippen LogP contribution < -0.4 is 10.6 Å². The summed E-state index contributed by atoms with van der Waals surface area (Å²) >= 11 is 1.72. The van der Waals surface area contributed by atoms with Gasteiger partial charge in [0.05, 0.1) is 17.9 Å². The summed E-state index contributed by atoms with van der Waals surface area (Å²) in [4.78, 5) is 10.4. The molecular formula is C17H28N6S. The van der Waals surface area contributed by atoms with Crippen molar-refractivity contribution in [3.63, 3.8) is 0 Å². The molecular weight excluding hydrogens is 320 g/mol. The van der Waals surface area contributed by atoms with Gasteiger partial charge in [0.2, 0.25) is 0 Å². The summed E-state index contributed by atoms with van der Waals surface area (Å²) in [6.45, 7) is 12.7. The first-order valence-corrected chi connectivity index (χ1v) is 9.18. The fourth-order valence-corrected chi connectivity index (χ4v) is 3.44. The van der Waals surface area contributed by atoms with Crippen LogP contribution in [0.3, 0.4) is 0 Å². The molecule has 0 aliphatic carbocycles. The van der Waals surface area contributed by atoms with Crippen molar-refractivity contribution in [2.45, 2.75) is 47.6 Å². The fraction of sp³-hybridized carbons (Fsp3) is 0.588. The highest BCUT2D eigenvalue weighted by molar-refractivity contribution is 7.11. The van der Waals surface area contributed by atoms with E-state index in [0.717, 1.165) is 41.9 Å². The molecule has 0 saturated carbocycles. The Labute approximate surface area is 148 Å². The van der Waals surface area contributed by atoms with E-state index in [9.17, 15) is 0 Å². The van der Waals surface area contributed by atoms with E-state index in [2.05, 4.69) is 53.4 Å². The first kappa shape index (κ1) is 18.4. The summed E-state index contributed by atoms with van der Waals surface area (Å²) in [5, 5.41) is 12.2. The molecule has 2 rings (SSSR count). The number of nitrogens with zero attached hydrogens (tertiary/aromatic N) is 4. The maximum atomic E-state index is 4.64. The van der Waals surface area contributed by atoms with E-state index < -0.39 is 0 Å². The monoisotopic (exact) mass is 348 g/mol. The van der Waals surface area contributed by atoms with Gasteiger partial charge in [-0.15, -0.1) is 11.3 Å². The van der Waals surface area contributed by atoms with Gasteiger partial charge in [0.15, 0.2) is 5.96 Å². The number of rotatable bonds is 6. The van der Waals surface area contributed by atoms with Crippen LogP contribution in [0, 0.1) is 27.7 Å². The fourth-order valence-electron chi connectivity index (χ4n) is 2.58. The molecule has 6 nitrogen and oxygen atoms in total. The van der Waals surface area contributed by atoms with E-state index in [4.69, 9.17) is 0 Å². The second-order valence-electron chi connectivity index (χ2n) is 5.89. The maximum absolute atomic E-state index is 4.64. The molecule has 24 heavy (non-hydrogen) atoms. The van der Waals surface area contributed by atoms with Gasteiger partial charge in [0, 0.05) is 30.7 Å². The summed E-state index contributed by atoms with van der Waals surface area (Å²) in [6.07, 6.45) is 0.936. The van der Waals surface area contributed by atoms with E-state index in [1.54, 1.807) is 11.3 Å². The van der Waals surface area contributed by atoms with Crippen molar-refractivity contribution in [3.05, 3.63) is 32.5 Å². The molecule has 0 aromatic carbocycles. The topological polar surface area (TPSA) is 67.1 Å². The summed E-state index contributed by atoms with van der Waals surface area (Å²) in [6, 6.07) is 0. The second kappa shape index (κ2) is 8.28. The molecule has 0 spiro atoms. The molecule has 2 N–H and O–H groups in total. The second-order valence-corrected chi connectivity index (χ2v) is 7.18. The highest BCUT2D eigenvalue weighted by Crippen LogP contribution is 2.17. The Morgan fingerprint density at radius 1 is 1.17 bits per heavy atom. The Balaban J connectivity index is 1.94. The van der Waals surface area contributed by atoms with E-state index in [-0.39, 0.29) is 0 Å². The number of hydrogen-bond acceptors (Lipinski definition) is 4. The number of nitrogens with one attached hydrogen (secondary N) is 2. The Morgan fingerprint density at radius 3 is 2.46 bits per heavy atom. The third-order valence-corrected chi connectivity index (χ3v) is 5.17. The minimum absolute atomic E-state index is 0.611. The largest absolute Gasteiger partial charge is 0.357 e. The predicted molar refractivity (Wildman–Crippen MR) is 101 cm³/mol. The first-order chi connectivity index (χ1) is 11.4. The lowest BCUT2D eigenvalue weighted by Gasteiger charge is -2.11. The number of aromatic nitrogens is 3. The van der Waals surface area contributed by atoms with Crippen LogP contribution in [-0.2, 0) is 20.0 Å². The molecule has 0 aliphatic heterocycles. The Bertz CT molecular complexity index is 693. The third-order valence-electron chi connectivity index (χ3n) is 4.12. The van der Waals surface area contributed by atoms with Crippen LogP contribution in [0.1, 0.15) is 39.5 Å². The van der Waals surface area contributed by atoms with Gasteiger partial charge in [0.1, 0.15) is 5.01 Å². The zero-order chi connectivity index (χ0) is 17.7. The Kier molecular flexibility index (Phi) is 6.36. The Morgan fingerprint density at radius 2 is 1.92 bits per heavy atom. The first-order valence-electron chi connectivity index (χ1n) is 8.36. The van der Waals surface area contributed by atoms with Gasteiger partial charge >= 0.3 is 0 Å². The van der Waals surface area contributed by atoms with Crippen molar-refractivity contribution in [3.8, 4) is 0 Å². The molecule has 2 aromatic heterocycles. The molecule has 7 heteroatoms. The molecule has 0 fully saturated rings. The SMILES string of the molecule is CCNC(=NCc1nc(C)c(C)s1)NCCc1c(C)nn(C)c1C. The minimum Gasteiger partial charge on any atom is -0.357 e. The molecule has 2 heterocycles. The average molecular weight is 349 g/mol. The lowest BCUT2D eigenvalue weighted by molar-refractivity contribution is 0.729. The molecule has 2 aromatic rings. The van der Waals surface area contributed by atoms with Gasteiger partial charge in [-0.25, -0.2) is 9.98 Å². The standard InChI is InChI=1S/C17H28N6S/c1-7-18-17(20-10-16-21-11(2)14(5)24-16)19-9-8-15-12(3)22-23(6)13(15)4/h7-10H2,1-6H3,(H2,18,19,20). The zero-order valence-electron chi connectivity index (χ0n) is 15.5. The van der Waals surface area contributed by atoms with Crippen molar-refractivity contribution in [1.82, 2.24) is 25.4 Å². The number of thiazole rings is 1. The van der Waals surface area contributed by atoms with E-state index in [0.29, 0.717) is 6.54 Å². The third kappa shape index (κ3) is 4.56. The van der Waals surface area contributed by atoms with Crippen LogP contribution in [0.4, 0.5) is 0 Å². The maximum Gasteiger partial charge on any atom is 0.191 e. The van der Waals surface area contributed by atoms with Gasteiger partial charge in [0.25, 0.3) is 0 Å². The highest BCUT2D eigenvalue weighted by atomic mass is 32.1. The van der Waals surface area contributed by atoms with Gasteiger partial charge in [-0.2, -0.15) is 5.10 Å². The normalized spacial score (nSPS) is 11.8. The van der Waals surface area contributed by atoms with E-state index in [1.165, 1.54) is 16.1 Å². The molecule has 0 amide bonds. The van der Waals surface area contributed by atoms with Crippen molar-refractivity contribution in [1.29, 1.82) is 0 Å². The van der Waals surface area contributed by atoms with Gasteiger partial charge in [-0.3, -0.25) is 4.68 Å². The summed E-state index contributed by atoms with van der Waals surface area (Å²) in [5.74, 6) is 0.835. The van der Waals surface area contributed by atoms with Gasteiger partial charge in [-0.05, 0) is 46.6 Å². The van der Waals surface area contributed by atoms with Crippen LogP contribution >= 0.6 is 11.3 Å². The van der Waals surface area contributed by atoms with Gasteiger partial charge in [-0.1, -0.05) is 0 Å². The van der Waals surface area contributed by atoms with Gasteiger partial charge < -0.3 is 10.6 Å². The molecule has 0 bridgehead atoms. The summed E-state index contributed by atoms with van der Waals surface area (Å²) in [5.41, 5.74) is 4.75. The van der Waals surface area contributed by atoms with Crippen molar-refractivity contribution in [2.24, 2.45) is 12.0 Å². The van der Waals surface area contributed by atoms with Crippen LogP contribution in [0.25, 0.3) is 0 Å². The summed E-state index contributed by atoms with van der Waals surface area (Å²) < 4.78 is 1.94. The lowest BCUT2D eigenvalue weighted by atomic mass is 10.1. The average Bonchev–Trinajstić information content (AvgIpc) is 2.97. The van der Waals surface area contributed by atoms with Crippen molar-refractivity contribution < 1.29 is 0 Å². The van der Waals surface area contributed by atoms with Crippen LogP contribution in [0.15, 0.2) is 4.99 Å². The zero-order valence-corrected chi connectivity index (χ0v) is 16.3. The Hall–Kier alpha value is -1.89. The van der Waals surface area contributed by atoms with Crippen LogP contribution in [0.5, 0.6) is 0 Å². The van der Waals surface area contributed by atoms with Crippen LogP contribution in [0.2, 0.25) is 0 Å². The lowest BCUT2D eigenvalue weighted by Crippen LogP contribution is -2.38. The molecule has 0 saturated heterocycles. The smallest absolute Gasteiger partial charge is 0.191 e. The number of hydrogen-bond donors (Lipinski definition) is 2.